The predicted molar refractivity (Wildman–Crippen MR) is 90.8 cm³/mol. The lowest BCUT2D eigenvalue weighted by molar-refractivity contribution is 0.0742. The van der Waals surface area contributed by atoms with Crippen LogP contribution < -0.4 is 0 Å². The summed E-state index contributed by atoms with van der Waals surface area (Å²) in [4.78, 5) is 14.4. The molecule has 0 heterocycles. The van der Waals surface area contributed by atoms with Crippen LogP contribution in [0.15, 0.2) is 46.9 Å². The van der Waals surface area contributed by atoms with Crippen molar-refractivity contribution in [3.63, 3.8) is 0 Å². The molecule has 2 rings (SSSR count). The van der Waals surface area contributed by atoms with Crippen LogP contribution in [0.2, 0.25) is 5.02 Å². The normalized spacial score (nSPS) is 12.0. The van der Waals surface area contributed by atoms with Crippen LogP contribution in [0.1, 0.15) is 34.5 Å². The number of aryl methyl sites for hydroxylation is 1. The first-order valence-electron chi connectivity index (χ1n) is 6.68. The van der Waals surface area contributed by atoms with E-state index in [9.17, 15) is 4.79 Å². The molecule has 1 atom stereocenters. The minimum Gasteiger partial charge on any atom is -0.335 e. The van der Waals surface area contributed by atoms with Gasteiger partial charge in [-0.2, -0.15) is 0 Å². The van der Waals surface area contributed by atoms with Gasteiger partial charge in [-0.1, -0.05) is 39.7 Å². The van der Waals surface area contributed by atoms with Gasteiger partial charge in [0.2, 0.25) is 0 Å². The van der Waals surface area contributed by atoms with E-state index in [0.29, 0.717) is 10.6 Å². The average Bonchev–Trinajstić information content (AvgIpc) is 2.44. The zero-order chi connectivity index (χ0) is 15.6. The van der Waals surface area contributed by atoms with Crippen LogP contribution in [0, 0.1) is 6.92 Å². The third kappa shape index (κ3) is 3.86. The summed E-state index contributed by atoms with van der Waals surface area (Å²) >= 11 is 9.34. The summed E-state index contributed by atoms with van der Waals surface area (Å²) < 4.78 is 0.915. The van der Waals surface area contributed by atoms with Gasteiger partial charge in [-0.15, -0.1) is 0 Å². The van der Waals surface area contributed by atoms with Gasteiger partial charge in [0.1, 0.15) is 0 Å². The molecule has 21 heavy (non-hydrogen) atoms. The summed E-state index contributed by atoms with van der Waals surface area (Å²) in [5.41, 5.74) is 2.80. The SMILES string of the molecule is Cc1cc(Br)cc(C(=O)N(C)C(C)c2ccc(Cl)cc2)c1. The summed E-state index contributed by atoms with van der Waals surface area (Å²) in [6.07, 6.45) is 0. The first-order valence-corrected chi connectivity index (χ1v) is 7.85. The highest BCUT2D eigenvalue weighted by Crippen LogP contribution is 2.24. The number of nitrogens with zero attached hydrogens (tertiary/aromatic N) is 1. The monoisotopic (exact) mass is 365 g/mol. The standard InChI is InChI=1S/C17H17BrClNO/c1-11-8-14(10-15(18)9-11)17(21)20(3)12(2)13-4-6-16(19)7-5-13/h4-10,12H,1-3H3. The van der Waals surface area contributed by atoms with Crippen molar-refractivity contribution in [1.29, 1.82) is 0 Å². The molecule has 0 radical (unpaired) electrons. The van der Waals surface area contributed by atoms with Crippen LogP contribution in [0.4, 0.5) is 0 Å². The number of rotatable bonds is 3. The fraction of sp³-hybridized carbons (Fsp3) is 0.235. The molecule has 0 aromatic heterocycles. The molecule has 0 saturated carbocycles. The van der Waals surface area contributed by atoms with Crippen molar-refractivity contribution in [3.8, 4) is 0 Å². The molecule has 110 valence electrons. The van der Waals surface area contributed by atoms with E-state index in [2.05, 4.69) is 15.9 Å². The molecule has 0 aliphatic heterocycles. The molecular weight excluding hydrogens is 350 g/mol. The van der Waals surface area contributed by atoms with Crippen molar-refractivity contribution in [1.82, 2.24) is 4.90 Å². The van der Waals surface area contributed by atoms with Crippen LogP contribution in [-0.4, -0.2) is 17.9 Å². The molecule has 0 spiro atoms. The van der Waals surface area contributed by atoms with E-state index in [1.807, 2.05) is 63.4 Å². The van der Waals surface area contributed by atoms with E-state index >= 15 is 0 Å². The summed E-state index contributed by atoms with van der Waals surface area (Å²) in [7, 11) is 1.82. The maximum absolute atomic E-state index is 12.6. The minimum absolute atomic E-state index is 0.00171. The Morgan fingerprint density at radius 2 is 1.81 bits per heavy atom. The molecule has 2 nitrogen and oxygen atoms in total. The Morgan fingerprint density at radius 1 is 1.19 bits per heavy atom. The minimum atomic E-state index is -0.0194. The van der Waals surface area contributed by atoms with E-state index in [4.69, 9.17) is 11.6 Å². The number of amides is 1. The molecule has 4 heteroatoms. The van der Waals surface area contributed by atoms with Gasteiger partial charge in [0.25, 0.3) is 5.91 Å². The van der Waals surface area contributed by atoms with Gasteiger partial charge in [-0.3, -0.25) is 4.79 Å². The number of hydrogen-bond donors (Lipinski definition) is 0. The lowest BCUT2D eigenvalue weighted by Crippen LogP contribution is -2.29. The largest absolute Gasteiger partial charge is 0.335 e. The molecule has 2 aromatic carbocycles. The van der Waals surface area contributed by atoms with Gasteiger partial charge < -0.3 is 4.90 Å². The van der Waals surface area contributed by atoms with Gasteiger partial charge >= 0.3 is 0 Å². The average molecular weight is 367 g/mol. The molecule has 1 amide bonds. The first kappa shape index (κ1) is 16.1. The van der Waals surface area contributed by atoms with Crippen molar-refractivity contribution in [2.24, 2.45) is 0 Å². The summed E-state index contributed by atoms with van der Waals surface area (Å²) in [5.74, 6) is 0.00171. The molecule has 1 unspecified atom stereocenters. The number of carbonyl (C=O) groups excluding carboxylic acids is 1. The fourth-order valence-electron chi connectivity index (χ4n) is 2.20. The van der Waals surface area contributed by atoms with E-state index in [-0.39, 0.29) is 11.9 Å². The van der Waals surface area contributed by atoms with Crippen LogP contribution in [0.25, 0.3) is 0 Å². The molecule has 0 N–H and O–H groups in total. The molecule has 0 fully saturated rings. The highest BCUT2D eigenvalue weighted by atomic mass is 79.9. The van der Waals surface area contributed by atoms with Gasteiger partial charge in [0, 0.05) is 22.1 Å². The van der Waals surface area contributed by atoms with Crippen molar-refractivity contribution in [2.45, 2.75) is 19.9 Å². The molecular formula is C17H17BrClNO. The highest BCUT2D eigenvalue weighted by molar-refractivity contribution is 9.10. The lowest BCUT2D eigenvalue weighted by Gasteiger charge is -2.25. The van der Waals surface area contributed by atoms with E-state index < -0.39 is 0 Å². The van der Waals surface area contributed by atoms with Crippen molar-refractivity contribution >= 4 is 33.4 Å². The van der Waals surface area contributed by atoms with Crippen molar-refractivity contribution in [3.05, 3.63) is 68.7 Å². The summed E-state index contributed by atoms with van der Waals surface area (Å²) in [6.45, 7) is 3.98. The number of hydrogen-bond acceptors (Lipinski definition) is 1. The Bertz CT molecular complexity index is 634. The smallest absolute Gasteiger partial charge is 0.254 e. The summed E-state index contributed by atoms with van der Waals surface area (Å²) in [5, 5.41) is 0.697. The quantitative estimate of drug-likeness (QED) is 0.727. The van der Waals surface area contributed by atoms with Crippen LogP contribution >= 0.6 is 27.5 Å². The molecule has 0 bridgehead atoms. The predicted octanol–water partition coefficient (Wildman–Crippen LogP) is 5.24. The Kier molecular flexibility index (Phi) is 5.07. The van der Waals surface area contributed by atoms with Crippen LogP contribution in [-0.2, 0) is 0 Å². The topological polar surface area (TPSA) is 20.3 Å². The molecule has 0 aliphatic carbocycles. The van der Waals surface area contributed by atoms with E-state index in [0.717, 1.165) is 15.6 Å². The zero-order valence-electron chi connectivity index (χ0n) is 12.2. The number of halogens is 2. The maximum atomic E-state index is 12.6. The third-order valence-electron chi connectivity index (χ3n) is 3.54. The number of benzene rings is 2. The Balaban J connectivity index is 2.23. The van der Waals surface area contributed by atoms with Crippen LogP contribution in [0.3, 0.4) is 0 Å². The highest BCUT2D eigenvalue weighted by Gasteiger charge is 2.19. The van der Waals surface area contributed by atoms with Crippen molar-refractivity contribution < 1.29 is 4.79 Å². The second-order valence-corrected chi connectivity index (χ2v) is 6.51. The first-order chi connectivity index (χ1) is 9.88. The van der Waals surface area contributed by atoms with Crippen molar-refractivity contribution in [2.75, 3.05) is 7.05 Å². The number of carbonyl (C=O) groups is 1. The van der Waals surface area contributed by atoms with Gasteiger partial charge in [0.15, 0.2) is 0 Å². The lowest BCUT2D eigenvalue weighted by atomic mass is 10.1. The van der Waals surface area contributed by atoms with Gasteiger partial charge in [-0.25, -0.2) is 0 Å². The van der Waals surface area contributed by atoms with Crippen LogP contribution in [0.5, 0.6) is 0 Å². The Morgan fingerprint density at radius 3 is 2.38 bits per heavy atom. The second kappa shape index (κ2) is 6.63. The molecule has 0 aliphatic rings. The maximum Gasteiger partial charge on any atom is 0.254 e. The second-order valence-electron chi connectivity index (χ2n) is 5.16. The Hall–Kier alpha value is -1.32. The third-order valence-corrected chi connectivity index (χ3v) is 4.25. The van der Waals surface area contributed by atoms with Gasteiger partial charge in [-0.05, 0) is 55.3 Å². The van der Waals surface area contributed by atoms with Gasteiger partial charge in [0.05, 0.1) is 6.04 Å². The summed E-state index contributed by atoms with van der Waals surface area (Å²) in [6, 6.07) is 13.3. The molecule has 0 saturated heterocycles. The Labute approximate surface area is 138 Å². The fourth-order valence-corrected chi connectivity index (χ4v) is 2.94. The van der Waals surface area contributed by atoms with E-state index in [1.54, 1.807) is 4.90 Å². The zero-order valence-corrected chi connectivity index (χ0v) is 14.6. The van der Waals surface area contributed by atoms with E-state index in [1.165, 1.54) is 0 Å². The molecule has 2 aromatic rings.